The van der Waals surface area contributed by atoms with Crippen LogP contribution < -0.4 is 5.32 Å². The molecule has 1 saturated heterocycles. The highest BCUT2D eigenvalue weighted by Gasteiger charge is 2.35. The Morgan fingerprint density at radius 3 is 2.60 bits per heavy atom. The van der Waals surface area contributed by atoms with Gasteiger partial charge >= 0.3 is 6.09 Å². The summed E-state index contributed by atoms with van der Waals surface area (Å²) < 4.78 is 18.2. The third-order valence-corrected chi connectivity index (χ3v) is 4.75. The molecule has 7 heteroatoms. The molecule has 1 aliphatic heterocycles. The van der Waals surface area contributed by atoms with Crippen LogP contribution >= 0.6 is 11.8 Å². The summed E-state index contributed by atoms with van der Waals surface area (Å²) in [7, 11) is 0. The summed E-state index contributed by atoms with van der Waals surface area (Å²) in [5.41, 5.74) is 1.37. The van der Waals surface area contributed by atoms with E-state index in [0.717, 1.165) is 5.56 Å². The fourth-order valence-electron chi connectivity index (χ4n) is 2.40. The Labute approximate surface area is 149 Å². The van der Waals surface area contributed by atoms with Gasteiger partial charge in [0, 0.05) is 11.4 Å². The van der Waals surface area contributed by atoms with E-state index in [2.05, 4.69) is 5.32 Å². The fourth-order valence-corrected chi connectivity index (χ4v) is 3.54. The number of amides is 2. The van der Waals surface area contributed by atoms with E-state index in [1.807, 2.05) is 30.3 Å². The monoisotopic (exact) mass is 360 g/mol. The number of carbonyl (C=O) groups is 2. The van der Waals surface area contributed by atoms with Crippen LogP contribution in [0, 0.1) is 5.82 Å². The molecule has 2 aromatic rings. The van der Waals surface area contributed by atoms with Gasteiger partial charge < -0.3 is 10.1 Å². The Kier molecular flexibility index (Phi) is 5.55. The van der Waals surface area contributed by atoms with E-state index < -0.39 is 12.1 Å². The first kappa shape index (κ1) is 17.3. The van der Waals surface area contributed by atoms with E-state index >= 15 is 0 Å². The third kappa shape index (κ3) is 4.51. The number of nitrogens with zero attached hydrogens (tertiary/aromatic N) is 1. The maximum absolute atomic E-state index is 12.9. The standard InChI is InChI=1S/C18H17FN2O3S/c19-14-6-8-15(9-7-14)20-17(22)16-11-25-12-21(16)18(23)24-10-13-4-2-1-3-5-13/h1-9,16H,10-12H2,(H,20,22)/t16-/m1/s1. The van der Waals surface area contributed by atoms with Gasteiger partial charge in [-0.15, -0.1) is 11.8 Å². The molecule has 1 heterocycles. The van der Waals surface area contributed by atoms with Gasteiger partial charge in [0.2, 0.25) is 5.91 Å². The Hall–Kier alpha value is -2.54. The molecule has 130 valence electrons. The van der Waals surface area contributed by atoms with Crippen LogP contribution in [0.4, 0.5) is 14.9 Å². The number of hydrogen-bond acceptors (Lipinski definition) is 4. The first-order chi connectivity index (χ1) is 12.1. The number of hydrogen-bond donors (Lipinski definition) is 1. The first-order valence-corrected chi connectivity index (χ1v) is 8.90. The number of rotatable bonds is 4. The summed E-state index contributed by atoms with van der Waals surface area (Å²) in [4.78, 5) is 26.1. The summed E-state index contributed by atoms with van der Waals surface area (Å²) in [6, 6.07) is 14.2. The largest absolute Gasteiger partial charge is 0.445 e. The number of benzene rings is 2. The second kappa shape index (κ2) is 8.02. The Morgan fingerprint density at radius 1 is 1.16 bits per heavy atom. The van der Waals surface area contributed by atoms with Crippen molar-refractivity contribution in [1.82, 2.24) is 4.90 Å². The van der Waals surface area contributed by atoms with Crippen molar-refractivity contribution in [3.63, 3.8) is 0 Å². The number of carbonyl (C=O) groups excluding carboxylic acids is 2. The van der Waals surface area contributed by atoms with Crippen LogP contribution in [0.2, 0.25) is 0 Å². The zero-order valence-corrected chi connectivity index (χ0v) is 14.2. The minimum absolute atomic E-state index is 0.160. The normalized spacial score (nSPS) is 16.5. The molecular formula is C18H17FN2O3S. The van der Waals surface area contributed by atoms with Gasteiger partial charge in [0.1, 0.15) is 18.5 Å². The van der Waals surface area contributed by atoms with E-state index in [1.54, 1.807) is 0 Å². The highest BCUT2D eigenvalue weighted by molar-refractivity contribution is 7.99. The molecule has 1 atom stereocenters. The Bertz CT molecular complexity index is 740. The van der Waals surface area contributed by atoms with Crippen molar-refractivity contribution in [1.29, 1.82) is 0 Å². The highest BCUT2D eigenvalue weighted by atomic mass is 32.2. The average Bonchev–Trinajstić information content (AvgIpc) is 3.12. The van der Waals surface area contributed by atoms with Crippen molar-refractivity contribution in [2.24, 2.45) is 0 Å². The van der Waals surface area contributed by atoms with Gasteiger partial charge in [0.25, 0.3) is 0 Å². The van der Waals surface area contributed by atoms with E-state index in [1.165, 1.54) is 40.9 Å². The lowest BCUT2D eigenvalue weighted by Crippen LogP contribution is -2.44. The molecule has 1 aliphatic rings. The maximum Gasteiger partial charge on any atom is 0.411 e. The lowest BCUT2D eigenvalue weighted by atomic mass is 10.2. The molecule has 5 nitrogen and oxygen atoms in total. The second-order valence-corrected chi connectivity index (χ2v) is 6.52. The van der Waals surface area contributed by atoms with Crippen LogP contribution in [0.5, 0.6) is 0 Å². The highest BCUT2D eigenvalue weighted by Crippen LogP contribution is 2.23. The zero-order chi connectivity index (χ0) is 17.6. The molecule has 2 aromatic carbocycles. The molecule has 25 heavy (non-hydrogen) atoms. The van der Waals surface area contributed by atoms with Crippen LogP contribution in [0.25, 0.3) is 0 Å². The molecule has 0 aliphatic carbocycles. The number of nitrogens with one attached hydrogen (secondary N) is 1. The fraction of sp³-hybridized carbons (Fsp3) is 0.222. The predicted molar refractivity (Wildman–Crippen MR) is 94.6 cm³/mol. The van der Waals surface area contributed by atoms with Crippen LogP contribution in [0.3, 0.4) is 0 Å². The van der Waals surface area contributed by atoms with Crippen molar-refractivity contribution in [2.75, 3.05) is 16.9 Å². The summed E-state index contributed by atoms with van der Waals surface area (Å²) in [5, 5.41) is 2.70. The lowest BCUT2D eigenvalue weighted by molar-refractivity contribution is -0.119. The van der Waals surface area contributed by atoms with Gasteiger partial charge in [-0.1, -0.05) is 30.3 Å². The van der Waals surface area contributed by atoms with Gasteiger partial charge in [0.15, 0.2) is 0 Å². The van der Waals surface area contributed by atoms with Gasteiger partial charge in [-0.2, -0.15) is 0 Å². The molecule has 0 aromatic heterocycles. The molecule has 1 fully saturated rings. The number of thioether (sulfide) groups is 1. The quantitative estimate of drug-likeness (QED) is 0.907. The van der Waals surface area contributed by atoms with Gasteiger partial charge in [-0.3, -0.25) is 9.69 Å². The van der Waals surface area contributed by atoms with E-state index in [9.17, 15) is 14.0 Å². The Morgan fingerprint density at radius 2 is 1.88 bits per heavy atom. The molecule has 1 N–H and O–H groups in total. The summed E-state index contributed by atoms with van der Waals surface area (Å²) in [6.45, 7) is 0.160. The van der Waals surface area contributed by atoms with Crippen LogP contribution in [0.1, 0.15) is 5.56 Å². The Balaban J connectivity index is 1.58. The van der Waals surface area contributed by atoms with E-state index in [-0.39, 0.29) is 18.3 Å². The molecule has 0 bridgehead atoms. The molecule has 3 rings (SSSR count). The van der Waals surface area contributed by atoms with Crippen molar-refractivity contribution >= 4 is 29.4 Å². The third-order valence-electron chi connectivity index (χ3n) is 3.74. The second-order valence-electron chi connectivity index (χ2n) is 5.52. The van der Waals surface area contributed by atoms with Crippen molar-refractivity contribution < 1.29 is 18.7 Å². The van der Waals surface area contributed by atoms with Gasteiger partial charge in [0.05, 0.1) is 5.88 Å². The summed E-state index contributed by atoms with van der Waals surface area (Å²) in [6.07, 6.45) is -0.520. The van der Waals surface area contributed by atoms with Gasteiger partial charge in [-0.05, 0) is 29.8 Å². The minimum Gasteiger partial charge on any atom is -0.445 e. The molecule has 0 spiro atoms. The van der Waals surface area contributed by atoms with Crippen molar-refractivity contribution in [3.05, 3.63) is 66.0 Å². The van der Waals surface area contributed by atoms with Crippen LogP contribution in [-0.4, -0.2) is 34.6 Å². The number of anilines is 1. The number of ether oxygens (including phenoxy) is 1. The van der Waals surface area contributed by atoms with Crippen molar-refractivity contribution in [2.45, 2.75) is 12.6 Å². The molecular weight excluding hydrogens is 343 g/mol. The average molecular weight is 360 g/mol. The van der Waals surface area contributed by atoms with Crippen molar-refractivity contribution in [3.8, 4) is 0 Å². The topological polar surface area (TPSA) is 58.6 Å². The predicted octanol–water partition coefficient (Wildman–Crippen LogP) is 3.48. The lowest BCUT2D eigenvalue weighted by Gasteiger charge is -2.22. The van der Waals surface area contributed by atoms with Crippen LogP contribution in [0.15, 0.2) is 54.6 Å². The molecule has 0 unspecified atom stereocenters. The summed E-state index contributed by atoms with van der Waals surface area (Å²) >= 11 is 1.49. The molecule has 2 amide bonds. The minimum atomic E-state index is -0.613. The molecule has 0 saturated carbocycles. The first-order valence-electron chi connectivity index (χ1n) is 7.75. The summed E-state index contributed by atoms with van der Waals surface area (Å²) in [5.74, 6) is 0.205. The zero-order valence-electron chi connectivity index (χ0n) is 13.4. The van der Waals surface area contributed by atoms with Gasteiger partial charge in [-0.25, -0.2) is 9.18 Å². The SMILES string of the molecule is O=C(Nc1ccc(F)cc1)[C@H]1CSCN1C(=O)OCc1ccccc1. The molecule has 0 radical (unpaired) electrons. The van der Waals surface area contributed by atoms with E-state index in [0.29, 0.717) is 17.3 Å². The van der Waals surface area contributed by atoms with E-state index in [4.69, 9.17) is 4.74 Å². The van der Waals surface area contributed by atoms with Crippen LogP contribution in [-0.2, 0) is 16.1 Å². The number of halogens is 1. The smallest absolute Gasteiger partial charge is 0.411 e. The maximum atomic E-state index is 12.9.